The number of aromatic nitrogens is 2. The number of nitrogens with zero attached hydrogens (tertiary/aromatic N) is 3. The van der Waals surface area contributed by atoms with E-state index in [1.165, 1.54) is 0 Å². The molecule has 3 aromatic rings. The predicted molar refractivity (Wildman–Crippen MR) is 122 cm³/mol. The second-order valence-electron chi connectivity index (χ2n) is 8.29. The minimum absolute atomic E-state index is 0.0327. The molecule has 1 saturated heterocycles. The van der Waals surface area contributed by atoms with E-state index in [2.05, 4.69) is 24.0 Å². The average Bonchev–Trinajstić information content (AvgIpc) is 3.30. The molecule has 0 bridgehead atoms. The van der Waals surface area contributed by atoms with Crippen LogP contribution in [0.3, 0.4) is 0 Å². The summed E-state index contributed by atoms with van der Waals surface area (Å²) in [4.78, 5) is 4.93. The van der Waals surface area contributed by atoms with E-state index in [1.807, 2.05) is 43.3 Å². The molecule has 2 heterocycles. The van der Waals surface area contributed by atoms with Gasteiger partial charge in [0.25, 0.3) is 0 Å². The van der Waals surface area contributed by atoms with E-state index in [0.717, 1.165) is 11.1 Å². The van der Waals surface area contributed by atoms with E-state index in [-0.39, 0.29) is 5.92 Å². The highest BCUT2D eigenvalue weighted by Gasteiger charge is 2.32. The van der Waals surface area contributed by atoms with Gasteiger partial charge in [0.05, 0.1) is 17.1 Å². The van der Waals surface area contributed by atoms with Crippen molar-refractivity contribution in [3.63, 3.8) is 0 Å². The molecule has 0 N–H and O–H groups in total. The van der Waals surface area contributed by atoms with E-state index >= 15 is 0 Å². The van der Waals surface area contributed by atoms with Gasteiger partial charge in [0.1, 0.15) is 5.75 Å². The van der Waals surface area contributed by atoms with Crippen molar-refractivity contribution < 1.29 is 17.7 Å². The van der Waals surface area contributed by atoms with E-state index < -0.39 is 10.0 Å². The van der Waals surface area contributed by atoms with Crippen molar-refractivity contribution in [3.05, 3.63) is 60.0 Å². The molecule has 0 aliphatic carbocycles. The van der Waals surface area contributed by atoms with Crippen LogP contribution in [0.4, 0.5) is 0 Å². The lowest BCUT2D eigenvalue weighted by atomic mass is 9.98. The van der Waals surface area contributed by atoms with Crippen LogP contribution in [0.15, 0.2) is 57.9 Å². The first-order valence-corrected chi connectivity index (χ1v) is 12.5. The van der Waals surface area contributed by atoms with Gasteiger partial charge in [0.15, 0.2) is 0 Å². The Balaban J connectivity index is 1.44. The molecule has 170 valence electrons. The van der Waals surface area contributed by atoms with E-state index in [9.17, 15) is 8.42 Å². The van der Waals surface area contributed by atoms with Gasteiger partial charge in [-0.2, -0.15) is 9.29 Å². The lowest BCUT2D eigenvalue weighted by Gasteiger charge is -2.29. The minimum Gasteiger partial charge on any atom is -0.493 e. The third-order valence-corrected chi connectivity index (χ3v) is 7.77. The van der Waals surface area contributed by atoms with Gasteiger partial charge >= 0.3 is 0 Å². The number of ether oxygens (including phenoxy) is 1. The topological polar surface area (TPSA) is 85.5 Å². The Kier molecular flexibility index (Phi) is 6.62. The highest BCUT2D eigenvalue weighted by atomic mass is 32.2. The molecule has 1 aromatic heterocycles. The van der Waals surface area contributed by atoms with Gasteiger partial charge in [-0.1, -0.05) is 43.3 Å². The highest BCUT2D eigenvalue weighted by Crippen LogP contribution is 2.33. The quantitative estimate of drug-likeness (QED) is 0.507. The Morgan fingerprint density at radius 3 is 2.44 bits per heavy atom. The molecule has 0 atom stereocenters. The molecule has 4 rings (SSSR count). The van der Waals surface area contributed by atoms with Gasteiger partial charge in [0.2, 0.25) is 21.7 Å². The van der Waals surface area contributed by atoms with Crippen LogP contribution in [-0.4, -0.2) is 42.6 Å². The summed E-state index contributed by atoms with van der Waals surface area (Å²) in [6, 6.07) is 14.8. The average molecular weight is 456 g/mol. The summed E-state index contributed by atoms with van der Waals surface area (Å²) in [7, 11) is -3.51. The van der Waals surface area contributed by atoms with Crippen molar-refractivity contribution in [2.75, 3.05) is 19.7 Å². The first-order chi connectivity index (χ1) is 15.4. The monoisotopic (exact) mass is 455 g/mol. The SMILES string of the molecule is CCOc1ccccc1-c1noc(C2CCN(S(=O)(=O)c3ccc(C(C)C)cc3)CC2)n1. The fourth-order valence-electron chi connectivity index (χ4n) is 3.96. The highest BCUT2D eigenvalue weighted by molar-refractivity contribution is 7.89. The molecule has 1 aliphatic heterocycles. The fourth-order valence-corrected chi connectivity index (χ4v) is 5.43. The molecular weight excluding hydrogens is 426 g/mol. The molecule has 1 aliphatic rings. The maximum Gasteiger partial charge on any atom is 0.243 e. The summed E-state index contributed by atoms with van der Waals surface area (Å²) in [5, 5.41) is 4.14. The zero-order valence-corrected chi connectivity index (χ0v) is 19.5. The van der Waals surface area contributed by atoms with Crippen LogP contribution >= 0.6 is 0 Å². The van der Waals surface area contributed by atoms with Crippen LogP contribution in [0.2, 0.25) is 0 Å². The van der Waals surface area contributed by atoms with Gasteiger partial charge in [-0.05, 0) is 55.5 Å². The van der Waals surface area contributed by atoms with Gasteiger partial charge in [0, 0.05) is 19.0 Å². The summed E-state index contributed by atoms with van der Waals surface area (Å²) in [5.74, 6) is 2.15. The van der Waals surface area contributed by atoms with Crippen LogP contribution in [0, 0.1) is 0 Å². The van der Waals surface area contributed by atoms with Gasteiger partial charge in [-0.3, -0.25) is 0 Å². The smallest absolute Gasteiger partial charge is 0.243 e. The third kappa shape index (κ3) is 4.56. The summed E-state index contributed by atoms with van der Waals surface area (Å²) in [6.45, 7) is 7.51. The normalized spacial score (nSPS) is 15.9. The van der Waals surface area contributed by atoms with Crippen molar-refractivity contribution >= 4 is 10.0 Å². The van der Waals surface area contributed by atoms with Crippen molar-refractivity contribution in [1.29, 1.82) is 0 Å². The lowest BCUT2D eigenvalue weighted by Crippen LogP contribution is -2.37. The summed E-state index contributed by atoms with van der Waals surface area (Å²) >= 11 is 0. The molecule has 2 aromatic carbocycles. The van der Waals surface area contributed by atoms with Crippen molar-refractivity contribution in [3.8, 4) is 17.1 Å². The number of sulfonamides is 1. The molecule has 0 unspecified atom stereocenters. The molecule has 0 spiro atoms. The van der Waals surface area contributed by atoms with E-state index in [1.54, 1.807) is 16.4 Å². The Labute approximate surface area is 189 Å². The fraction of sp³-hybridized carbons (Fsp3) is 0.417. The van der Waals surface area contributed by atoms with Crippen molar-refractivity contribution in [2.45, 2.75) is 50.3 Å². The van der Waals surface area contributed by atoms with Gasteiger partial charge in [-0.15, -0.1) is 0 Å². The molecule has 32 heavy (non-hydrogen) atoms. The maximum atomic E-state index is 13.1. The minimum atomic E-state index is -3.51. The lowest BCUT2D eigenvalue weighted by molar-refractivity contribution is 0.270. The Morgan fingerprint density at radius 2 is 1.78 bits per heavy atom. The standard InChI is InChI=1S/C24H29N3O4S/c1-4-30-22-8-6-5-7-21(22)23-25-24(31-26-23)19-13-15-27(16-14-19)32(28,29)20-11-9-18(10-12-20)17(2)3/h5-12,17,19H,4,13-16H2,1-3H3. The zero-order valence-electron chi connectivity index (χ0n) is 18.7. The van der Waals surface area contributed by atoms with Gasteiger partial charge in [-0.25, -0.2) is 8.42 Å². The van der Waals surface area contributed by atoms with Crippen molar-refractivity contribution in [1.82, 2.24) is 14.4 Å². The molecule has 8 heteroatoms. The molecule has 0 saturated carbocycles. The maximum absolute atomic E-state index is 13.1. The third-order valence-electron chi connectivity index (χ3n) is 5.86. The number of piperidine rings is 1. The number of hydrogen-bond donors (Lipinski definition) is 0. The second-order valence-corrected chi connectivity index (χ2v) is 10.2. The largest absolute Gasteiger partial charge is 0.493 e. The number of para-hydroxylation sites is 1. The number of hydrogen-bond acceptors (Lipinski definition) is 6. The molecule has 7 nitrogen and oxygen atoms in total. The van der Waals surface area contributed by atoms with Crippen LogP contribution in [-0.2, 0) is 10.0 Å². The Bertz CT molecular complexity index is 1150. The van der Waals surface area contributed by atoms with Crippen LogP contribution in [0.25, 0.3) is 11.4 Å². The van der Waals surface area contributed by atoms with Gasteiger partial charge < -0.3 is 9.26 Å². The van der Waals surface area contributed by atoms with Crippen LogP contribution in [0.5, 0.6) is 5.75 Å². The first-order valence-electron chi connectivity index (χ1n) is 11.1. The second kappa shape index (κ2) is 9.42. The molecule has 0 radical (unpaired) electrons. The van der Waals surface area contributed by atoms with Crippen LogP contribution < -0.4 is 4.74 Å². The summed E-state index contributed by atoms with van der Waals surface area (Å²) < 4.78 is 38.9. The number of benzene rings is 2. The van der Waals surface area contributed by atoms with E-state index in [4.69, 9.17) is 9.26 Å². The summed E-state index contributed by atoms with van der Waals surface area (Å²) in [6.07, 6.45) is 1.27. The predicted octanol–water partition coefficient (Wildman–Crippen LogP) is 4.83. The Hall–Kier alpha value is -2.71. The molecule has 0 amide bonds. The zero-order chi connectivity index (χ0) is 22.7. The number of rotatable bonds is 7. The first kappa shape index (κ1) is 22.5. The van der Waals surface area contributed by atoms with Crippen molar-refractivity contribution in [2.24, 2.45) is 0 Å². The summed E-state index contributed by atoms with van der Waals surface area (Å²) in [5.41, 5.74) is 1.91. The van der Waals surface area contributed by atoms with E-state index in [0.29, 0.717) is 60.8 Å². The van der Waals surface area contributed by atoms with Crippen LogP contribution in [0.1, 0.15) is 56.9 Å². The molecule has 1 fully saturated rings. The molecular formula is C24H29N3O4S. The Morgan fingerprint density at radius 1 is 1.09 bits per heavy atom.